The molecule has 2 aromatic rings. The number of anilines is 2. The van der Waals surface area contributed by atoms with Gasteiger partial charge in [0.15, 0.2) is 0 Å². The van der Waals surface area contributed by atoms with Crippen LogP contribution in [0.2, 0.25) is 0 Å². The summed E-state index contributed by atoms with van der Waals surface area (Å²) in [5.41, 5.74) is 7.49. The van der Waals surface area contributed by atoms with E-state index in [9.17, 15) is 0 Å². The van der Waals surface area contributed by atoms with Crippen LogP contribution in [-0.4, -0.2) is 16.5 Å². The van der Waals surface area contributed by atoms with Crippen molar-refractivity contribution in [3.05, 3.63) is 29.6 Å². The summed E-state index contributed by atoms with van der Waals surface area (Å²) in [6, 6.07) is 5.58. The third-order valence-electron chi connectivity index (χ3n) is 2.52. The summed E-state index contributed by atoms with van der Waals surface area (Å²) in [7, 11) is 1.65. The largest absolute Gasteiger partial charge is 0.496 e. The number of hydrogen-bond acceptors (Lipinski definition) is 6. The number of nitrogens with two attached hydrogens (primary N) is 1. The van der Waals surface area contributed by atoms with Crippen LogP contribution in [-0.2, 0) is 13.0 Å². The minimum absolute atomic E-state index is 0.618. The van der Waals surface area contributed by atoms with E-state index in [-0.39, 0.29) is 0 Å². The number of hydrogen-bond donors (Lipinski definition) is 2. The zero-order valence-electron chi connectivity index (χ0n) is 10.4. The van der Waals surface area contributed by atoms with Gasteiger partial charge in [-0.15, -0.1) is 0 Å². The molecule has 0 radical (unpaired) electrons. The number of rotatable bonds is 5. The van der Waals surface area contributed by atoms with Crippen LogP contribution >= 0.6 is 11.5 Å². The molecule has 0 saturated carbocycles. The Labute approximate surface area is 110 Å². The average Bonchev–Trinajstić information content (AvgIpc) is 2.84. The van der Waals surface area contributed by atoms with Crippen molar-refractivity contribution in [3.63, 3.8) is 0 Å². The Balaban J connectivity index is 2.07. The molecule has 0 aliphatic rings. The Bertz CT molecular complexity index is 527. The van der Waals surface area contributed by atoms with E-state index in [0.717, 1.165) is 34.4 Å². The van der Waals surface area contributed by atoms with E-state index in [2.05, 4.69) is 14.7 Å². The molecule has 0 saturated heterocycles. The van der Waals surface area contributed by atoms with Gasteiger partial charge in [-0.25, -0.2) is 4.98 Å². The van der Waals surface area contributed by atoms with Gasteiger partial charge >= 0.3 is 0 Å². The normalized spacial score (nSPS) is 10.3. The highest BCUT2D eigenvalue weighted by molar-refractivity contribution is 7.09. The van der Waals surface area contributed by atoms with Gasteiger partial charge in [0.25, 0.3) is 0 Å². The monoisotopic (exact) mass is 264 g/mol. The highest BCUT2D eigenvalue weighted by atomic mass is 32.1. The molecule has 5 nitrogen and oxygen atoms in total. The van der Waals surface area contributed by atoms with Crippen LogP contribution in [0.25, 0.3) is 0 Å². The second kappa shape index (κ2) is 5.68. The Morgan fingerprint density at radius 2 is 2.28 bits per heavy atom. The molecule has 0 aliphatic carbocycles. The minimum Gasteiger partial charge on any atom is -0.496 e. The zero-order valence-corrected chi connectivity index (χ0v) is 11.3. The summed E-state index contributed by atoms with van der Waals surface area (Å²) in [5, 5.41) is 4.04. The van der Waals surface area contributed by atoms with Crippen LogP contribution in [0.15, 0.2) is 18.2 Å². The lowest BCUT2D eigenvalue weighted by atomic mass is 10.2. The van der Waals surface area contributed by atoms with Gasteiger partial charge in [0.1, 0.15) is 11.6 Å². The van der Waals surface area contributed by atoms with Crippen molar-refractivity contribution in [1.29, 1.82) is 0 Å². The van der Waals surface area contributed by atoms with Crippen molar-refractivity contribution in [3.8, 4) is 5.75 Å². The van der Waals surface area contributed by atoms with Crippen molar-refractivity contribution >= 4 is 22.4 Å². The van der Waals surface area contributed by atoms with Gasteiger partial charge in [-0.3, -0.25) is 0 Å². The van der Waals surface area contributed by atoms with Gasteiger partial charge in [-0.2, -0.15) is 4.37 Å². The molecule has 0 fully saturated rings. The van der Waals surface area contributed by atoms with Crippen molar-refractivity contribution in [2.45, 2.75) is 19.9 Å². The van der Waals surface area contributed by atoms with Crippen molar-refractivity contribution in [2.75, 3.05) is 18.2 Å². The first-order valence-electron chi connectivity index (χ1n) is 5.71. The fourth-order valence-corrected chi connectivity index (χ4v) is 2.22. The van der Waals surface area contributed by atoms with Crippen LogP contribution in [0, 0.1) is 0 Å². The van der Waals surface area contributed by atoms with E-state index in [1.165, 1.54) is 11.5 Å². The number of aryl methyl sites for hydroxylation is 1. The van der Waals surface area contributed by atoms with E-state index < -0.39 is 0 Å². The molecule has 18 heavy (non-hydrogen) atoms. The summed E-state index contributed by atoms with van der Waals surface area (Å²) < 4.78 is 9.51. The first kappa shape index (κ1) is 12.6. The molecule has 1 aromatic heterocycles. The molecule has 0 bridgehead atoms. The van der Waals surface area contributed by atoms with Gasteiger partial charge in [0, 0.05) is 35.7 Å². The molecule has 2 rings (SSSR count). The zero-order chi connectivity index (χ0) is 13.0. The van der Waals surface area contributed by atoms with Crippen molar-refractivity contribution in [1.82, 2.24) is 9.36 Å². The van der Waals surface area contributed by atoms with E-state index in [1.807, 2.05) is 25.1 Å². The van der Waals surface area contributed by atoms with Crippen LogP contribution in [0.3, 0.4) is 0 Å². The second-order valence-electron chi connectivity index (χ2n) is 3.79. The first-order valence-corrected chi connectivity index (χ1v) is 6.49. The van der Waals surface area contributed by atoms with Crippen molar-refractivity contribution < 1.29 is 4.74 Å². The molecule has 0 unspecified atom stereocenters. The van der Waals surface area contributed by atoms with Crippen LogP contribution < -0.4 is 15.8 Å². The molecule has 1 aromatic carbocycles. The summed E-state index contributed by atoms with van der Waals surface area (Å²) in [6.07, 6.45) is 0.847. The minimum atomic E-state index is 0.618. The average molecular weight is 264 g/mol. The molecule has 3 N–H and O–H groups in total. The van der Waals surface area contributed by atoms with E-state index in [4.69, 9.17) is 10.5 Å². The molecule has 0 amide bonds. The molecule has 0 aliphatic heterocycles. The molecule has 0 spiro atoms. The number of aromatic nitrogens is 2. The lowest BCUT2D eigenvalue weighted by Gasteiger charge is -2.09. The standard InChI is InChI=1S/C12H16N4OS/c1-3-11-15-12(18-16-11)14-7-8-6-9(13)4-5-10(8)17-2/h4-6H,3,7,13H2,1-2H3,(H,14,15,16). The number of ether oxygens (including phenoxy) is 1. The molecule has 6 heteroatoms. The summed E-state index contributed by atoms with van der Waals surface area (Å²) >= 11 is 1.37. The van der Waals surface area contributed by atoms with E-state index in [0.29, 0.717) is 6.54 Å². The van der Waals surface area contributed by atoms with Crippen LogP contribution in [0.4, 0.5) is 10.8 Å². The highest BCUT2D eigenvalue weighted by Gasteiger charge is 2.06. The molecule has 1 heterocycles. The van der Waals surface area contributed by atoms with Crippen LogP contribution in [0.1, 0.15) is 18.3 Å². The van der Waals surface area contributed by atoms with E-state index >= 15 is 0 Å². The second-order valence-corrected chi connectivity index (χ2v) is 4.55. The predicted octanol–water partition coefficient (Wildman–Crippen LogP) is 2.30. The third kappa shape index (κ3) is 2.89. The third-order valence-corrected chi connectivity index (χ3v) is 3.23. The topological polar surface area (TPSA) is 73.1 Å². The quantitative estimate of drug-likeness (QED) is 0.811. The molecule has 0 atom stereocenters. The molecule has 96 valence electrons. The Kier molecular flexibility index (Phi) is 3.99. The number of nitrogens with zero attached hydrogens (tertiary/aromatic N) is 2. The SMILES string of the molecule is CCc1nsc(NCc2cc(N)ccc2OC)n1. The number of nitrogen functional groups attached to an aromatic ring is 1. The number of methoxy groups -OCH3 is 1. The fourth-order valence-electron chi connectivity index (χ4n) is 1.58. The van der Waals surface area contributed by atoms with Gasteiger partial charge in [-0.05, 0) is 18.2 Å². The van der Waals surface area contributed by atoms with Crippen LogP contribution in [0.5, 0.6) is 5.75 Å². The van der Waals surface area contributed by atoms with Crippen molar-refractivity contribution in [2.24, 2.45) is 0 Å². The van der Waals surface area contributed by atoms with Gasteiger partial charge in [0.2, 0.25) is 5.13 Å². The molecular formula is C12H16N4OS. The summed E-state index contributed by atoms with van der Waals surface area (Å²) in [5.74, 6) is 1.68. The Hall–Kier alpha value is -1.82. The lowest BCUT2D eigenvalue weighted by Crippen LogP contribution is -2.02. The Morgan fingerprint density at radius 1 is 1.44 bits per heavy atom. The summed E-state index contributed by atoms with van der Waals surface area (Å²) in [4.78, 5) is 4.35. The smallest absolute Gasteiger partial charge is 0.202 e. The maximum atomic E-state index is 5.77. The molecular weight excluding hydrogens is 248 g/mol. The van der Waals surface area contributed by atoms with Gasteiger partial charge in [-0.1, -0.05) is 6.92 Å². The van der Waals surface area contributed by atoms with Gasteiger partial charge < -0.3 is 15.8 Å². The summed E-state index contributed by atoms with van der Waals surface area (Å²) in [6.45, 7) is 2.65. The maximum Gasteiger partial charge on any atom is 0.202 e. The Morgan fingerprint density at radius 3 is 2.94 bits per heavy atom. The predicted molar refractivity (Wildman–Crippen MR) is 74.0 cm³/mol. The lowest BCUT2D eigenvalue weighted by molar-refractivity contribution is 0.410. The first-order chi connectivity index (χ1) is 8.72. The van der Waals surface area contributed by atoms with Gasteiger partial charge in [0.05, 0.1) is 7.11 Å². The number of benzene rings is 1. The highest BCUT2D eigenvalue weighted by Crippen LogP contribution is 2.22. The van der Waals surface area contributed by atoms with E-state index in [1.54, 1.807) is 7.11 Å². The maximum absolute atomic E-state index is 5.77. The fraction of sp³-hybridized carbons (Fsp3) is 0.333. The number of nitrogens with one attached hydrogen (secondary N) is 1.